The minimum absolute atomic E-state index is 0.0695. The standard InChI is InChI=1S/C7H15NO/c1-3-6-4-7(9)5-8(6)2/h6-7,9H,3-5H2,1-2H3/t6-,7-/m1/s1. The molecule has 1 heterocycles. The molecular formula is C7H15NO. The van der Waals surface area contributed by atoms with Crippen molar-refractivity contribution in [2.45, 2.75) is 31.9 Å². The van der Waals surface area contributed by atoms with Crippen LogP contribution < -0.4 is 0 Å². The second-order valence-corrected chi connectivity index (χ2v) is 2.89. The number of aliphatic hydroxyl groups excluding tert-OH is 1. The topological polar surface area (TPSA) is 23.5 Å². The van der Waals surface area contributed by atoms with Crippen LogP contribution in [-0.2, 0) is 0 Å². The van der Waals surface area contributed by atoms with Gasteiger partial charge in [0.15, 0.2) is 0 Å². The van der Waals surface area contributed by atoms with Crippen molar-refractivity contribution >= 4 is 0 Å². The smallest absolute Gasteiger partial charge is 0.0682 e. The molecule has 1 saturated heterocycles. The van der Waals surface area contributed by atoms with Crippen LogP contribution in [0.3, 0.4) is 0 Å². The summed E-state index contributed by atoms with van der Waals surface area (Å²) in [7, 11) is 2.07. The Bertz CT molecular complexity index is 94.9. The monoisotopic (exact) mass is 129 g/mol. The van der Waals surface area contributed by atoms with Gasteiger partial charge in [-0.25, -0.2) is 0 Å². The predicted molar refractivity (Wildman–Crippen MR) is 37.3 cm³/mol. The second-order valence-electron chi connectivity index (χ2n) is 2.89. The highest BCUT2D eigenvalue weighted by Gasteiger charge is 2.25. The van der Waals surface area contributed by atoms with Gasteiger partial charge in [0.2, 0.25) is 0 Å². The number of hydrogen-bond acceptors (Lipinski definition) is 2. The van der Waals surface area contributed by atoms with E-state index in [0.717, 1.165) is 19.4 Å². The van der Waals surface area contributed by atoms with Crippen molar-refractivity contribution in [2.75, 3.05) is 13.6 Å². The van der Waals surface area contributed by atoms with Gasteiger partial charge in [0, 0.05) is 12.6 Å². The Morgan fingerprint density at radius 2 is 2.33 bits per heavy atom. The summed E-state index contributed by atoms with van der Waals surface area (Å²) < 4.78 is 0. The largest absolute Gasteiger partial charge is 0.392 e. The van der Waals surface area contributed by atoms with E-state index in [2.05, 4.69) is 18.9 Å². The van der Waals surface area contributed by atoms with Crippen molar-refractivity contribution in [3.05, 3.63) is 0 Å². The van der Waals surface area contributed by atoms with E-state index in [1.807, 2.05) is 0 Å². The summed E-state index contributed by atoms with van der Waals surface area (Å²) in [6.07, 6.45) is 2.06. The van der Waals surface area contributed by atoms with Crippen LogP contribution in [0.5, 0.6) is 0 Å². The molecule has 54 valence electrons. The van der Waals surface area contributed by atoms with E-state index in [4.69, 9.17) is 5.11 Å². The molecule has 9 heavy (non-hydrogen) atoms. The van der Waals surface area contributed by atoms with Crippen LogP contribution >= 0.6 is 0 Å². The highest BCUT2D eigenvalue weighted by atomic mass is 16.3. The molecular weight excluding hydrogens is 114 g/mol. The summed E-state index contributed by atoms with van der Waals surface area (Å²) in [6.45, 7) is 3.03. The number of likely N-dealkylation sites (N-methyl/N-ethyl adjacent to an activating group) is 1. The Morgan fingerprint density at radius 1 is 1.67 bits per heavy atom. The van der Waals surface area contributed by atoms with E-state index in [1.54, 1.807) is 0 Å². The molecule has 0 aromatic carbocycles. The van der Waals surface area contributed by atoms with Crippen molar-refractivity contribution in [2.24, 2.45) is 0 Å². The molecule has 1 rings (SSSR count). The van der Waals surface area contributed by atoms with Crippen LogP contribution in [0.2, 0.25) is 0 Å². The maximum Gasteiger partial charge on any atom is 0.0682 e. The molecule has 2 heteroatoms. The number of aliphatic hydroxyl groups is 1. The fourth-order valence-electron chi connectivity index (χ4n) is 1.53. The molecule has 0 spiro atoms. The molecule has 0 aliphatic carbocycles. The third kappa shape index (κ3) is 1.43. The summed E-state index contributed by atoms with van der Waals surface area (Å²) in [5.74, 6) is 0. The molecule has 0 saturated carbocycles. The zero-order valence-electron chi connectivity index (χ0n) is 6.17. The highest BCUT2D eigenvalue weighted by Crippen LogP contribution is 2.17. The predicted octanol–water partition coefficient (Wildman–Crippen LogP) is 0.461. The first-order valence-corrected chi connectivity index (χ1v) is 3.62. The van der Waals surface area contributed by atoms with Gasteiger partial charge in [-0.1, -0.05) is 6.92 Å². The van der Waals surface area contributed by atoms with Crippen molar-refractivity contribution in [3.63, 3.8) is 0 Å². The summed E-state index contributed by atoms with van der Waals surface area (Å²) >= 11 is 0. The first-order chi connectivity index (χ1) is 4.24. The summed E-state index contributed by atoms with van der Waals surface area (Å²) in [4.78, 5) is 2.23. The maximum atomic E-state index is 9.16. The van der Waals surface area contributed by atoms with Gasteiger partial charge in [-0.15, -0.1) is 0 Å². The van der Waals surface area contributed by atoms with E-state index in [0.29, 0.717) is 6.04 Å². The Balaban J connectivity index is 2.38. The quantitative estimate of drug-likeness (QED) is 0.556. The average Bonchev–Trinajstić information content (AvgIpc) is 2.10. The Hall–Kier alpha value is -0.0800. The van der Waals surface area contributed by atoms with E-state index < -0.39 is 0 Å². The molecule has 1 N–H and O–H groups in total. The van der Waals surface area contributed by atoms with E-state index >= 15 is 0 Å². The second kappa shape index (κ2) is 2.67. The number of β-amino-alcohol motifs (C(OH)–C–C–N with tert-alkyl or cyclic N) is 1. The van der Waals surface area contributed by atoms with Gasteiger partial charge in [0.25, 0.3) is 0 Å². The molecule has 2 atom stereocenters. The lowest BCUT2D eigenvalue weighted by molar-refractivity contribution is 0.182. The lowest BCUT2D eigenvalue weighted by Gasteiger charge is -2.15. The van der Waals surface area contributed by atoms with E-state index in [1.165, 1.54) is 0 Å². The molecule has 1 fully saturated rings. The first-order valence-electron chi connectivity index (χ1n) is 3.62. The fraction of sp³-hybridized carbons (Fsp3) is 1.00. The zero-order chi connectivity index (χ0) is 6.85. The van der Waals surface area contributed by atoms with Gasteiger partial charge in [-0.05, 0) is 19.9 Å². The number of rotatable bonds is 1. The van der Waals surface area contributed by atoms with E-state index in [9.17, 15) is 0 Å². The summed E-state index contributed by atoms with van der Waals surface area (Å²) in [6, 6.07) is 0.625. The number of hydrogen-bond donors (Lipinski definition) is 1. The molecule has 1 aliphatic heterocycles. The molecule has 0 unspecified atom stereocenters. The van der Waals surface area contributed by atoms with E-state index in [-0.39, 0.29) is 6.10 Å². The summed E-state index contributed by atoms with van der Waals surface area (Å²) in [5, 5.41) is 9.16. The Morgan fingerprint density at radius 3 is 2.56 bits per heavy atom. The van der Waals surface area contributed by atoms with Crippen LogP contribution in [-0.4, -0.2) is 35.7 Å². The fourth-order valence-corrected chi connectivity index (χ4v) is 1.53. The maximum absolute atomic E-state index is 9.16. The van der Waals surface area contributed by atoms with Gasteiger partial charge < -0.3 is 10.0 Å². The van der Waals surface area contributed by atoms with Crippen molar-refractivity contribution in [1.82, 2.24) is 4.90 Å². The van der Waals surface area contributed by atoms with Crippen LogP contribution in [0.25, 0.3) is 0 Å². The molecule has 0 radical (unpaired) electrons. The molecule has 0 aromatic rings. The number of nitrogens with zero attached hydrogens (tertiary/aromatic N) is 1. The van der Waals surface area contributed by atoms with Gasteiger partial charge in [0.05, 0.1) is 6.10 Å². The minimum atomic E-state index is -0.0695. The molecule has 2 nitrogen and oxygen atoms in total. The van der Waals surface area contributed by atoms with Gasteiger partial charge in [0.1, 0.15) is 0 Å². The normalized spacial score (nSPS) is 37.7. The molecule has 1 aliphatic rings. The van der Waals surface area contributed by atoms with Crippen LogP contribution in [0.15, 0.2) is 0 Å². The molecule has 0 bridgehead atoms. The summed E-state index contributed by atoms with van der Waals surface area (Å²) in [5.41, 5.74) is 0. The van der Waals surface area contributed by atoms with Gasteiger partial charge in [-0.2, -0.15) is 0 Å². The Labute approximate surface area is 56.5 Å². The van der Waals surface area contributed by atoms with Crippen molar-refractivity contribution in [3.8, 4) is 0 Å². The van der Waals surface area contributed by atoms with Crippen molar-refractivity contribution < 1.29 is 5.11 Å². The van der Waals surface area contributed by atoms with Crippen LogP contribution in [0.1, 0.15) is 19.8 Å². The lowest BCUT2D eigenvalue weighted by atomic mass is 10.1. The van der Waals surface area contributed by atoms with Crippen LogP contribution in [0, 0.1) is 0 Å². The van der Waals surface area contributed by atoms with Crippen LogP contribution in [0.4, 0.5) is 0 Å². The number of likely N-dealkylation sites (tertiary alicyclic amines) is 1. The Kier molecular flexibility index (Phi) is 2.09. The SMILES string of the molecule is CC[C@@H]1C[C@@H](O)CN1C. The van der Waals surface area contributed by atoms with Gasteiger partial charge in [-0.3, -0.25) is 0 Å². The molecule has 0 aromatic heterocycles. The van der Waals surface area contributed by atoms with Crippen molar-refractivity contribution in [1.29, 1.82) is 0 Å². The van der Waals surface area contributed by atoms with Gasteiger partial charge >= 0.3 is 0 Å². The highest BCUT2D eigenvalue weighted by molar-refractivity contribution is 4.81. The molecule has 0 amide bonds. The third-order valence-corrected chi connectivity index (χ3v) is 2.14. The zero-order valence-corrected chi connectivity index (χ0v) is 6.17. The average molecular weight is 129 g/mol. The minimum Gasteiger partial charge on any atom is -0.392 e. The first kappa shape index (κ1) is 7.03. The lowest BCUT2D eigenvalue weighted by Crippen LogP contribution is -2.24. The third-order valence-electron chi connectivity index (χ3n) is 2.14.